The summed E-state index contributed by atoms with van der Waals surface area (Å²) in [6.07, 6.45) is 61.4. The van der Waals surface area contributed by atoms with E-state index in [1.165, 1.54) is 128 Å². The van der Waals surface area contributed by atoms with Gasteiger partial charge in [0.1, 0.15) is 6.10 Å². The van der Waals surface area contributed by atoms with E-state index in [0.717, 1.165) is 83.5 Å². The highest BCUT2D eigenvalue weighted by Gasteiger charge is 2.24. The minimum Gasteiger partial charge on any atom is -0.462 e. The van der Waals surface area contributed by atoms with E-state index in [9.17, 15) is 19.8 Å². The first kappa shape index (κ1) is 59.6. The number of hydrogen-bond donors (Lipinski definition) is 3. The van der Waals surface area contributed by atoms with E-state index < -0.39 is 18.2 Å². The quantitative estimate of drug-likeness (QED) is 0.0245. The molecule has 3 atom stereocenters. The van der Waals surface area contributed by atoms with E-state index in [2.05, 4.69) is 74.7 Å². The highest BCUT2D eigenvalue weighted by molar-refractivity contribution is 5.77. The molecule has 3 unspecified atom stereocenters. The number of rotatable bonds is 47. The second-order valence-corrected chi connectivity index (χ2v) is 18.0. The number of unbranched alkanes of at least 4 members (excludes halogenated alkanes) is 27. The summed E-state index contributed by atoms with van der Waals surface area (Å²) in [6.45, 7) is 6.32. The van der Waals surface area contributed by atoms with Crippen molar-refractivity contribution in [2.24, 2.45) is 0 Å². The minimum atomic E-state index is -0.799. The molecule has 0 saturated carbocycles. The van der Waals surface area contributed by atoms with Crippen LogP contribution in [0.5, 0.6) is 0 Å². The first-order chi connectivity index (χ1) is 30.5. The molecular formula is C56H101NO5. The van der Waals surface area contributed by atoms with Gasteiger partial charge in [0.15, 0.2) is 0 Å². The monoisotopic (exact) mass is 868 g/mol. The fourth-order valence-corrected chi connectivity index (χ4v) is 7.87. The van der Waals surface area contributed by atoms with E-state index >= 15 is 0 Å². The van der Waals surface area contributed by atoms with Crippen molar-refractivity contribution in [1.29, 1.82) is 0 Å². The molecule has 0 saturated heterocycles. The lowest BCUT2D eigenvalue weighted by atomic mass is 10.0. The second kappa shape index (κ2) is 49.6. The molecular weight excluding hydrogens is 767 g/mol. The highest BCUT2D eigenvalue weighted by atomic mass is 16.5. The maximum absolute atomic E-state index is 13.2. The van der Waals surface area contributed by atoms with Crippen LogP contribution in [0.1, 0.15) is 258 Å². The molecule has 0 aliphatic carbocycles. The van der Waals surface area contributed by atoms with Gasteiger partial charge in [-0.25, -0.2) is 0 Å². The average Bonchev–Trinajstić information content (AvgIpc) is 3.26. The zero-order valence-electron chi connectivity index (χ0n) is 41.0. The average molecular weight is 868 g/mol. The Morgan fingerprint density at radius 1 is 0.500 bits per heavy atom. The number of ether oxygens (including phenoxy) is 1. The molecule has 1 amide bonds. The first-order valence-electron chi connectivity index (χ1n) is 26.5. The summed E-state index contributed by atoms with van der Waals surface area (Å²) in [5.41, 5.74) is 0. The Morgan fingerprint density at radius 3 is 1.48 bits per heavy atom. The van der Waals surface area contributed by atoms with Gasteiger partial charge in [0.05, 0.1) is 25.2 Å². The van der Waals surface area contributed by atoms with Gasteiger partial charge in [-0.1, -0.05) is 229 Å². The van der Waals surface area contributed by atoms with Crippen LogP contribution in [-0.4, -0.2) is 46.9 Å². The number of carbonyl (C=O) groups excluding carboxylic acids is 2. The van der Waals surface area contributed by atoms with Gasteiger partial charge >= 0.3 is 5.97 Å². The summed E-state index contributed by atoms with van der Waals surface area (Å²) in [5.74, 6) is -0.515. The molecule has 0 fully saturated rings. The van der Waals surface area contributed by atoms with Crippen LogP contribution in [0.25, 0.3) is 0 Å². The van der Waals surface area contributed by atoms with Gasteiger partial charge in [0.2, 0.25) is 5.91 Å². The fourth-order valence-electron chi connectivity index (χ4n) is 7.87. The van der Waals surface area contributed by atoms with Crippen molar-refractivity contribution >= 4 is 11.9 Å². The molecule has 0 spiro atoms. The fraction of sp³-hybridized carbons (Fsp3) is 0.786. The molecule has 360 valence electrons. The van der Waals surface area contributed by atoms with Crippen molar-refractivity contribution in [2.75, 3.05) is 6.61 Å². The number of aliphatic hydroxyl groups is 2. The Hall–Kier alpha value is -2.44. The Balaban J connectivity index is 4.53. The predicted molar refractivity (Wildman–Crippen MR) is 268 cm³/mol. The number of nitrogens with one attached hydrogen (secondary N) is 1. The van der Waals surface area contributed by atoms with Gasteiger partial charge in [0.25, 0.3) is 0 Å². The molecule has 62 heavy (non-hydrogen) atoms. The van der Waals surface area contributed by atoms with Crippen LogP contribution in [0.3, 0.4) is 0 Å². The third-order valence-corrected chi connectivity index (χ3v) is 11.9. The summed E-state index contributed by atoms with van der Waals surface area (Å²) in [4.78, 5) is 26.1. The van der Waals surface area contributed by atoms with Crippen LogP contribution in [0.15, 0.2) is 60.8 Å². The normalized spacial score (nSPS) is 13.7. The van der Waals surface area contributed by atoms with Gasteiger partial charge in [-0.15, -0.1) is 0 Å². The lowest BCUT2D eigenvalue weighted by molar-refractivity contribution is -0.151. The van der Waals surface area contributed by atoms with Crippen LogP contribution < -0.4 is 5.32 Å². The third-order valence-electron chi connectivity index (χ3n) is 11.9. The number of carbonyl (C=O) groups is 2. The first-order valence-corrected chi connectivity index (χ1v) is 26.5. The summed E-state index contributed by atoms with van der Waals surface area (Å²) in [6, 6.07) is -0.715. The maximum Gasteiger partial charge on any atom is 0.306 e. The molecule has 0 bridgehead atoms. The summed E-state index contributed by atoms with van der Waals surface area (Å²) in [5, 5.41) is 23.8. The zero-order valence-corrected chi connectivity index (χ0v) is 41.0. The van der Waals surface area contributed by atoms with E-state index in [1.807, 2.05) is 12.2 Å². The number of hydrogen-bond acceptors (Lipinski definition) is 5. The highest BCUT2D eigenvalue weighted by Crippen LogP contribution is 2.18. The van der Waals surface area contributed by atoms with E-state index in [0.29, 0.717) is 19.3 Å². The van der Waals surface area contributed by atoms with Gasteiger partial charge < -0.3 is 20.3 Å². The Labute approximate surface area is 384 Å². The molecule has 0 aromatic carbocycles. The van der Waals surface area contributed by atoms with Gasteiger partial charge in [-0.3, -0.25) is 9.59 Å². The topological polar surface area (TPSA) is 95.9 Å². The minimum absolute atomic E-state index is 0.0504. The number of aliphatic hydroxyl groups excluding tert-OH is 2. The smallest absolute Gasteiger partial charge is 0.306 e. The summed E-state index contributed by atoms with van der Waals surface area (Å²) in [7, 11) is 0. The molecule has 0 radical (unpaired) electrons. The Kier molecular flexibility index (Phi) is 47.6. The van der Waals surface area contributed by atoms with Crippen LogP contribution >= 0.6 is 0 Å². The van der Waals surface area contributed by atoms with Crippen LogP contribution in [-0.2, 0) is 14.3 Å². The lowest BCUT2D eigenvalue weighted by Crippen LogP contribution is -2.46. The molecule has 3 N–H and O–H groups in total. The third kappa shape index (κ3) is 44.2. The van der Waals surface area contributed by atoms with E-state index in [1.54, 1.807) is 0 Å². The summed E-state index contributed by atoms with van der Waals surface area (Å²) < 4.78 is 5.91. The molecule has 6 nitrogen and oxygen atoms in total. The molecule has 0 aromatic rings. The second-order valence-electron chi connectivity index (χ2n) is 18.0. The van der Waals surface area contributed by atoms with Crippen LogP contribution in [0.2, 0.25) is 0 Å². The van der Waals surface area contributed by atoms with Crippen molar-refractivity contribution < 1.29 is 24.5 Å². The standard InChI is InChI=1S/C56H101NO5/c1-4-7-10-13-16-19-22-24-26-27-29-31-34-37-40-43-46-49-56(61)62-52(47-44-41-38-35-32-21-18-15-12-9-6-3)50-55(60)57-53(51-58)54(59)48-45-42-39-36-33-30-28-25-23-20-17-14-11-8-5-2/h9,12,15-16,18-19,21,24,26,32,52-54,58-59H,4-8,10-11,13-14,17,20,22-23,25,27-31,33-51H2,1-3H3,(H,57,60)/b12-9+,18-15+,19-16-,26-24-,32-21-. The van der Waals surface area contributed by atoms with Crippen molar-refractivity contribution in [1.82, 2.24) is 5.32 Å². The van der Waals surface area contributed by atoms with Gasteiger partial charge in [0, 0.05) is 6.42 Å². The molecule has 0 aliphatic heterocycles. The largest absolute Gasteiger partial charge is 0.462 e. The molecule has 0 aliphatic rings. The Bertz CT molecular complexity index is 1110. The number of allylic oxidation sites excluding steroid dienone is 10. The maximum atomic E-state index is 13.2. The van der Waals surface area contributed by atoms with Gasteiger partial charge in [-0.2, -0.15) is 0 Å². The molecule has 0 aromatic heterocycles. The Morgan fingerprint density at radius 2 is 0.935 bits per heavy atom. The number of esters is 1. The van der Waals surface area contributed by atoms with Gasteiger partial charge in [-0.05, 0) is 77.0 Å². The van der Waals surface area contributed by atoms with E-state index in [-0.39, 0.29) is 24.9 Å². The van der Waals surface area contributed by atoms with E-state index in [4.69, 9.17) is 4.74 Å². The zero-order chi connectivity index (χ0) is 45.2. The van der Waals surface area contributed by atoms with Crippen LogP contribution in [0, 0.1) is 0 Å². The lowest BCUT2D eigenvalue weighted by Gasteiger charge is -2.24. The van der Waals surface area contributed by atoms with Crippen molar-refractivity contribution in [3.63, 3.8) is 0 Å². The molecule has 0 rings (SSSR count). The number of amides is 1. The molecule has 6 heteroatoms. The SMILES string of the molecule is CC/C=C/C=C/C=C\CCCCCC(CC(=O)NC(CO)C(O)CCCCCCCCCCCCCCCCC)OC(=O)CCCCCCCCC/C=C\C/C=C\CCCCC. The van der Waals surface area contributed by atoms with Crippen molar-refractivity contribution in [2.45, 2.75) is 277 Å². The van der Waals surface area contributed by atoms with Crippen molar-refractivity contribution in [3.05, 3.63) is 60.8 Å². The van der Waals surface area contributed by atoms with Crippen molar-refractivity contribution in [3.8, 4) is 0 Å². The summed E-state index contributed by atoms with van der Waals surface area (Å²) >= 11 is 0. The van der Waals surface area contributed by atoms with Crippen LogP contribution in [0.4, 0.5) is 0 Å². The predicted octanol–water partition coefficient (Wildman–Crippen LogP) is 16.0. The molecule has 0 heterocycles.